The van der Waals surface area contributed by atoms with Crippen molar-refractivity contribution in [2.45, 2.75) is 25.8 Å². The Labute approximate surface area is 134 Å². The van der Waals surface area contributed by atoms with E-state index in [-0.39, 0.29) is 28.7 Å². The molecule has 6 nitrogen and oxygen atoms in total. The molecule has 2 aromatic heterocycles. The number of nitrogens with zero attached hydrogens (tertiary/aromatic N) is 2. The van der Waals surface area contributed by atoms with E-state index in [0.717, 1.165) is 17.6 Å². The molecule has 122 valence electrons. The van der Waals surface area contributed by atoms with E-state index >= 15 is 0 Å². The molecule has 2 fully saturated rings. The van der Waals surface area contributed by atoms with Crippen LogP contribution in [-0.4, -0.2) is 35.2 Å². The Morgan fingerprint density at radius 1 is 1.35 bits per heavy atom. The molecule has 2 aliphatic rings. The third-order valence-electron chi connectivity index (χ3n) is 5.26. The Hall–Kier alpha value is -1.89. The van der Waals surface area contributed by atoms with Gasteiger partial charge in [0.1, 0.15) is 15.5 Å². The minimum absolute atomic E-state index is 0.0202. The second-order valence-corrected chi connectivity index (χ2v) is 9.02. The van der Waals surface area contributed by atoms with Crippen LogP contribution >= 0.6 is 0 Å². The zero-order valence-corrected chi connectivity index (χ0v) is 13.6. The molecule has 0 aromatic carbocycles. The Morgan fingerprint density at radius 2 is 2.13 bits per heavy atom. The van der Waals surface area contributed by atoms with Crippen LogP contribution in [0.3, 0.4) is 0 Å². The topological polar surface area (TPSA) is 80.5 Å². The summed E-state index contributed by atoms with van der Waals surface area (Å²) in [5, 5.41) is 2.98. The predicted molar refractivity (Wildman–Crippen MR) is 85.5 cm³/mol. The second kappa shape index (κ2) is 5.06. The Morgan fingerprint density at radius 3 is 2.91 bits per heavy atom. The van der Waals surface area contributed by atoms with Crippen molar-refractivity contribution in [3.05, 3.63) is 36.3 Å². The third-order valence-corrected chi connectivity index (χ3v) is 6.91. The summed E-state index contributed by atoms with van der Waals surface area (Å²) >= 11 is 0. The molecule has 1 amide bonds. The highest BCUT2D eigenvalue weighted by Gasteiger charge is 2.59. The number of fused-ring (bicyclic) bond motifs is 1. The number of carbonyl (C=O) groups is 1. The van der Waals surface area contributed by atoms with Crippen molar-refractivity contribution in [3.63, 3.8) is 0 Å². The normalized spacial score (nSPS) is 24.6. The molecule has 1 atom stereocenters. The molecule has 1 aliphatic carbocycles. The van der Waals surface area contributed by atoms with Gasteiger partial charge in [0.15, 0.2) is 0 Å². The number of rotatable bonds is 3. The smallest absolute Gasteiger partial charge is 0.223 e. The van der Waals surface area contributed by atoms with Crippen molar-refractivity contribution in [1.82, 2.24) is 14.7 Å². The van der Waals surface area contributed by atoms with Crippen LogP contribution in [0.4, 0.5) is 0 Å². The molecule has 1 unspecified atom stereocenters. The summed E-state index contributed by atoms with van der Waals surface area (Å²) in [7, 11) is -2.87. The molecular weight excluding hydrogens is 314 g/mol. The van der Waals surface area contributed by atoms with E-state index < -0.39 is 9.84 Å². The van der Waals surface area contributed by atoms with E-state index in [0.29, 0.717) is 19.4 Å². The zero-order valence-electron chi connectivity index (χ0n) is 12.7. The van der Waals surface area contributed by atoms with Gasteiger partial charge < -0.3 is 9.72 Å². The lowest BCUT2D eigenvalue weighted by Crippen LogP contribution is -2.31. The molecule has 23 heavy (non-hydrogen) atoms. The van der Waals surface area contributed by atoms with Crippen LogP contribution in [0.5, 0.6) is 0 Å². The SMILES string of the molecule is O=C(NCc1ccn2ccnc2c1)C1CC12CCS(=O)(=O)CC2. The molecule has 1 spiro atoms. The van der Waals surface area contributed by atoms with Crippen LogP contribution in [0, 0.1) is 11.3 Å². The average molecular weight is 333 g/mol. The highest BCUT2D eigenvalue weighted by atomic mass is 32.2. The van der Waals surface area contributed by atoms with Crippen molar-refractivity contribution in [2.24, 2.45) is 11.3 Å². The lowest BCUT2D eigenvalue weighted by Gasteiger charge is -2.22. The molecule has 3 heterocycles. The number of imidazole rings is 1. The molecule has 2 aromatic rings. The summed E-state index contributed by atoms with van der Waals surface area (Å²) in [5.41, 5.74) is 1.82. The van der Waals surface area contributed by atoms with Gasteiger partial charge in [-0.05, 0) is 42.4 Å². The van der Waals surface area contributed by atoms with Gasteiger partial charge >= 0.3 is 0 Å². The first-order valence-corrected chi connectivity index (χ1v) is 9.69. The van der Waals surface area contributed by atoms with E-state index in [9.17, 15) is 13.2 Å². The minimum Gasteiger partial charge on any atom is -0.352 e. The number of carbonyl (C=O) groups excluding carboxylic acids is 1. The van der Waals surface area contributed by atoms with Gasteiger partial charge in [0.05, 0.1) is 11.5 Å². The standard InChI is InChI=1S/C16H19N3O3S/c20-15(13-10-16(13)2-7-23(21,22)8-3-16)18-11-12-1-5-19-6-4-17-14(19)9-12/h1,4-6,9,13H,2-3,7-8,10-11H2,(H,18,20). The molecule has 7 heteroatoms. The summed E-state index contributed by atoms with van der Waals surface area (Å²) in [6.07, 6.45) is 7.63. The monoisotopic (exact) mass is 333 g/mol. The van der Waals surface area contributed by atoms with Crippen molar-refractivity contribution >= 4 is 21.4 Å². The number of aromatic nitrogens is 2. The molecule has 1 saturated carbocycles. The summed E-state index contributed by atoms with van der Waals surface area (Å²) in [6, 6.07) is 3.92. The van der Waals surface area contributed by atoms with E-state index in [1.54, 1.807) is 6.20 Å². The predicted octanol–water partition coefficient (Wildman–Crippen LogP) is 1.17. The molecule has 1 aliphatic heterocycles. The van der Waals surface area contributed by atoms with Crippen LogP contribution < -0.4 is 5.32 Å². The third kappa shape index (κ3) is 2.73. The van der Waals surface area contributed by atoms with Gasteiger partial charge in [-0.2, -0.15) is 0 Å². The van der Waals surface area contributed by atoms with Crippen molar-refractivity contribution in [1.29, 1.82) is 0 Å². The first-order valence-electron chi connectivity index (χ1n) is 7.87. The number of hydrogen-bond acceptors (Lipinski definition) is 4. The molecule has 0 bridgehead atoms. The van der Waals surface area contributed by atoms with Crippen LogP contribution in [0.25, 0.3) is 5.65 Å². The van der Waals surface area contributed by atoms with E-state index in [1.807, 2.05) is 28.9 Å². The highest BCUT2D eigenvalue weighted by molar-refractivity contribution is 7.91. The summed E-state index contributed by atoms with van der Waals surface area (Å²) in [6.45, 7) is 0.479. The Kier molecular flexibility index (Phi) is 3.23. The molecule has 0 radical (unpaired) electrons. The fourth-order valence-corrected chi connectivity index (χ4v) is 5.23. The van der Waals surface area contributed by atoms with Crippen LogP contribution in [0.1, 0.15) is 24.8 Å². The molecule has 1 N–H and O–H groups in total. The number of amides is 1. The average Bonchev–Trinajstić information content (AvgIpc) is 3.04. The largest absolute Gasteiger partial charge is 0.352 e. The highest BCUT2D eigenvalue weighted by Crippen LogP contribution is 2.59. The van der Waals surface area contributed by atoms with E-state index in [1.165, 1.54) is 0 Å². The van der Waals surface area contributed by atoms with Gasteiger partial charge in [-0.1, -0.05) is 0 Å². The van der Waals surface area contributed by atoms with Crippen LogP contribution in [-0.2, 0) is 21.2 Å². The van der Waals surface area contributed by atoms with Gasteiger partial charge in [-0.3, -0.25) is 4.79 Å². The lowest BCUT2D eigenvalue weighted by molar-refractivity contribution is -0.123. The number of sulfone groups is 1. The summed E-state index contributed by atoms with van der Waals surface area (Å²) in [5.74, 6) is 0.487. The number of nitrogens with one attached hydrogen (secondary N) is 1. The van der Waals surface area contributed by atoms with Gasteiger partial charge in [0.2, 0.25) is 5.91 Å². The van der Waals surface area contributed by atoms with Crippen molar-refractivity contribution < 1.29 is 13.2 Å². The molecule has 4 rings (SSSR count). The van der Waals surface area contributed by atoms with Crippen LogP contribution in [0.2, 0.25) is 0 Å². The molecule has 1 saturated heterocycles. The number of hydrogen-bond donors (Lipinski definition) is 1. The Bertz CT molecular complexity index is 858. The van der Waals surface area contributed by atoms with E-state index in [2.05, 4.69) is 10.3 Å². The fourth-order valence-electron chi connectivity index (χ4n) is 3.59. The van der Waals surface area contributed by atoms with Gasteiger partial charge in [-0.15, -0.1) is 0 Å². The van der Waals surface area contributed by atoms with Crippen molar-refractivity contribution in [3.8, 4) is 0 Å². The van der Waals surface area contributed by atoms with Crippen molar-refractivity contribution in [2.75, 3.05) is 11.5 Å². The van der Waals surface area contributed by atoms with E-state index in [4.69, 9.17) is 0 Å². The second-order valence-electron chi connectivity index (χ2n) is 6.72. The van der Waals surface area contributed by atoms with Gasteiger partial charge in [0.25, 0.3) is 0 Å². The first kappa shape index (κ1) is 14.7. The van der Waals surface area contributed by atoms with Gasteiger partial charge in [-0.25, -0.2) is 13.4 Å². The Balaban J connectivity index is 1.36. The zero-order chi connectivity index (χ0) is 16.1. The quantitative estimate of drug-likeness (QED) is 0.914. The first-order chi connectivity index (χ1) is 11.0. The maximum absolute atomic E-state index is 12.3. The summed E-state index contributed by atoms with van der Waals surface area (Å²) < 4.78 is 25.0. The summed E-state index contributed by atoms with van der Waals surface area (Å²) in [4.78, 5) is 16.6. The lowest BCUT2D eigenvalue weighted by atomic mass is 9.96. The number of pyridine rings is 1. The maximum atomic E-state index is 12.3. The fraction of sp³-hybridized carbons (Fsp3) is 0.500. The minimum atomic E-state index is -2.87. The molecular formula is C16H19N3O3S. The van der Waals surface area contributed by atoms with Gasteiger partial charge in [0, 0.05) is 31.1 Å². The maximum Gasteiger partial charge on any atom is 0.223 e. The van der Waals surface area contributed by atoms with Crippen LogP contribution in [0.15, 0.2) is 30.7 Å².